The second kappa shape index (κ2) is 7.98. The minimum Gasteiger partial charge on any atom is -0.379 e. The number of nitrogens with zero attached hydrogens (tertiary/aromatic N) is 1. The molecule has 1 heterocycles. The summed E-state index contributed by atoms with van der Waals surface area (Å²) in [4.78, 5) is 12.6. The highest BCUT2D eigenvalue weighted by molar-refractivity contribution is 7.89. The molecule has 1 N–H and O–H groups in total. The fourth-order valence-electron chi connectivity index (χ4n) is 2.85. The summed E-state index contributed by atoms with van der Waals surface area (Å²) in [5, 5.41) is 2.92. The van der Waals surface area contributed by atoms with Crippen molar-refractivity contribution < 1.29 is 17.9 Å². The van der Waals surface area contributed by atoms with Gasteiger partial charge in [-0.3, -0.25) is 4.79 Å². The van der Waals surface area contributed by atoms with Gasteiger partial charge in [-0.2, -0.15) is 4.31 Å². The zero-order valence-corrected chi connectivity index (χ0v) is 16.7. The molecule has 1 fully saturated rings. The monoisotopic (exact) mass is 408 g/mol. The van der Waals surface area contributed by atoms with Gasteiger partial charge >= 0.3 is 0 Å². The highest BCUT2D eigenvalue weighted by Gasteiger charge is 2.29. The molecule has 8 heteroatoms. The Morgan fingerprint density at radius 1 is 1.15 bits per heavy atom. The number of carbonyl (C=O) groups is 1. The van der Waals surface area contributed by atoms with Crippen molar-refractivity contribution in [2.45, 2.75) is 18.7 Å². The van der Waals surface area contributed by atoms with Crippen molar-refractivity contribution in [2.75, 3.05) is 31.6 Å². The van der Waals surface area contributed by atoms with E-state index >= 15 is 0 Å². The first-order valence-electron chi connectivity index (χ1n) is 8.55. The first kappa shape index (κ1) is 19.8. The molecule has 2 aromatic carbocycles. The van der Waals surface area contributed by atoms with Gasteiger partial charge in [0.25, 0.3) is 5.91 Å². The zero-order valence-electron chi connectivity index (χ0n) is 15.2. The van der Waals surface area contributed by atoms with E-state index in [0.29, 0.717) is 18.9 Å². The fourth-order valence-corrected chi connectivity index (χ4v) is 4.76. The van der Waals surface area contributed by atoms with Gasteiger partial charge in [0.05, 0.1) is 18.2 Å². The van der Waals surface area contributed by atoms with Gasteiger partial charge in [0.1, 0.15) is 4.90 Å². The Bertz CT molecular complexity index is 970. The van der Waals surface area contributed by atoms with Gasteiger partial charge in [0.15, 0.2) is 0 Å². The van der Waals surface area contributed by atoms with Gasteiger partial charge < -0.3 is 10.1 Å². The van der Waals surface area contributed by atoms with Crippen molar-refractivity contribution in [1.82, 2.24) is 4.31 Å². The number of hydrogen-bond donors (Lipinski definition) is 1. The lowest BCUT2D eigenvalue weighted by molar-refractivity contribution is 0.0730. The molecule has 144 valence electrons. The summed E-state index contributed by atoms with van der Waals surface area (Å²) in [6, 6.07) is 9.90. The number of aryl methyl sites for hydroxylation is 1. The maximum absolute atomic E-state index is 12.9. The Kier molecular flexibility index (Phi) is 5.86. The Balaban J connectivity index is 1.90. The maximum atomic E-state index is 12.9. The number of amides is 1. The SMILES string of the molecule is Cc1cccc(NC(=O)c2ccc(Cl)c(S(=O)(=O)N3CCOCC3)c2)c1C. The first-order valence-corrected chi connectivity index (χ1v) is 10.4. The summed E-state index contributed by atoms with van der Waals surface area (Å²) >= 11 is 6.14. The minimum atomic E-state index is -3.80. The molecular formula is C19H21ClN2O4S. The number of halogens is 1. The van der Waals surface area contributed by atoms with Crippen LogP contribution in [0.25, 0.3) is 0 Å². The third-order valence-corrected chi connectivity index (χ3v) is 7.01. The highest BCUT2D eigenvalue weighted by atomic mass is 35.5. The van der Waals surface area contributed by atoms with Crippen LogP contribution in [0, 0.1) is 13.8 Å². The molecule has 0 spiro atoms. The molecule has 1 amide bonds. The number of anilines is 1. The molecule has 0 aromatic heterocycles. The summed E-state index contributed by atoms with van der Waals surface area (Å²) < 4.78 is 32.3. The minimum absolute atomic E-state index is 0.0697. The predicted octanol–water partition coefficient (Wildman–Crippen LogP) is 3.23. The van der Waals surface area contributed by atoms with Crippen LogP contribution in [0.5, 0.6) is 0 Å². The highest BCUT2D eigenvalue weighted by Crippen LogP contribution is 2.27. The van der Waals surface area contributed by atoms with Crippen LogP contribution >= 0.6 is 11.6 Å². The molecule has 1 aliphatic heterocycles. The summed E-state index contributed by atoms with van der Waals surface area (Å²) in [5.41, 5.74) is 2.93. The van der Waals surface area contributed by atoms with Crippen LogP contribution in [0.2, 0.25) is 5.02 Å². The smallest absolute Gasteiger partial charge is 0.255 e. The van der Waals surface area contributed by atoms with E-state index in [1.54, 1.807) is 0 Å². The van der Waals surface area contributed by atoms with Crippen LogP contribution in [0.4, 0.5) is 5.69 Å². The van der Waals surface area contributed by atoms with E-state index in [2.05, 4.69) is 5.32 Å². The van der Waals surface area contributed by atoms with Crippen molar-refractivity contribution in [1.29, 1.82) is 0 Å². The number of benzene rings is 2. The van der Waals surface area contributed by atoms with E-state index in [-0.39, 0.29) is 28.6 Å². The van der Waals surface area contributed by atoms with Crippen LogP contribution in [0.15, 0.2) is 41.3 Å². The molecule has 2 aromatic rings. The van der Waals surface area contributed by atoms with E-state index in [1.807, 2.05) is 32.0 Å². The van der Waals surface area contributed by atoms with Gasteiger partial charge in [-0.15, -0.1) is 0 Å². The molecule has 0 saturated carbocycles. The molecule has 1 saturated heterocycles. The van der Waals surface area contributed by atoms with Gasteiger partial charge in [-0.1, -0.05) is 23.7 Å². The van der Waals surface area contributed by atoms with E-state index in [9.17, 15) is 13.2 Å². The van der Waals surface area contributed by atoms with E-state index in [1.165, 1.54) is 22.5 Å². The Labute approximate surface area is 164 Å². The van der Waals surface area contributed by atoms with Crippen LogP contribution in [0.3, 0.4) is 0 Å². The second-order valence-electron chi connectivity index (χ2n) is 6.36. The van der Waals surface area contributed by atoms with Gasteiger partial charge in [0.2, 0.25) is 10.0 Å². The van der Waals surface area contributed by atoms with Crippen LogP contribution in [0.1, 0.15) is 21.5 Å². The van der Waals surface area contributed by atoms with Crippen LogP contribution in [-0.4, -0.2) is 44.9 Å². The molecule has 0 aliphatic carbocycles. The molecule has 0 unspecified atom stereocenters. The maximum Gasteiger partial charge on any atom is 0.255 e. The van der Waals surface area contributed by atoms with Gasteiger partial charge in [-0.05, 0) is 49.2 Å². The van der Waals surface area contributed by atoms with Crippen molar-refractivity contribution >= 4 is 33.2 Å². The number of carbonyl (C=O) groups excluding carboxylic acids is 1. The molecule has 0 bridgehead atoms. The van der Waals surface area contributed by atoms with E-state index in [4.69, 9.17) is 16.3 Å². The summed E-state index contributed by atoms with van der Waals surface area (Å²) in [5.74, 6) is -0.390. The van der Waals surface area contributed by atoms with Crippen LogP contribution < -0.4 is 5.32 Å². The van der Waals surface area contributed by atoms with Gasteiger partial charge in [0, 0.05) is 24.3 Å². The predicted molar refractivity (Wildman–Crippen MR) is 105 cm³/mol. The molecule has 0 radical (unpaired) electrons. The standard InChI is InChI=1S/C19H21ClN2O4S/c1-13-4-3-5-17(14(13)2)21-19(23)15-6-7-16(20)18(12-15)27(24,25)22-8-10-26-11-9-22/h3-7,12H,8-11H2,1-2H3,(H,21,23). The van der Waals surface area contributed by atoms with Crippen molar-refractivity contribution in [3.05, 3.63) is 58.1 Å². The first-order chi connectivity index (χ1) is 12.8. The lowest BCUT2D eigenvalue weighted by Gasteiger charge is -2.26. The molecule has 0 atom stereocenters. The van der Waals surface area contributed by atoms with Crippen molar-refractivity contribution in [3.8, 4) is 0 Å². The molecule has 3 rings (SSSR count). The number of sulfonamides is 1. The summed E-state index contributed by atoms with van der Waals surface area (Å²) in [6.45, 7) is 5.07. The molecular weight excluding hydrogens is 388 g/mol. The number of nitrogens with one attached hydrogen (secondary N) is 1. The topological polar surface area (TPSA) is 75.7 Å². The quantitative estimate of drug-likeness (QED) is 0.842. The van der Waals surface area contributed by atoms with E-state index < -0.39 is 15.9 Å². The van der Waals surface area contributed by atoms with Crippen molar-refractivity contribution in [3.63, 3.8) is 0 Å². The molecule has 27 heavy (non-hydrogen) atoms. The fraction of sp³-hybridized carbons (Fsp3) is 0.316. The lowest BCUT2D eigenvalue weighted by Crippen LogP contribution is -2.40. The zero-order chi connectivity index (χ0) is 19.6. The third-order valence-electron chi connectivity index (χ3n) is 4.63. The van der Waals surface area contributed by atoms with Crippen molar-refractivity contribution in [2.24, 2.45) is 0 Å². The number of ether oxygens (including phenoxy) is 1. The number of rotatable bonds is 4. The molecule has 1 aliphatic rings. The third kappa shape index (κ3) is 4.16. The Morgan fingerprint density at radius 2 is 1.85 bits per heavy atom. The average molecular weight is 409 g/mol. The summed E-state index contributed by atoms with van der Waals surface area (Å²) in [7, 11) is -3.80. The lowest BCUT2D eigenvalue weighted by atomic mass is 10.1. The van der Waals surface area contributed by atoms with Crippen LogP contribution in [-0.2, 0) is 14.8 Å². The van der Waals surface area contributed by atoms with E-state index in [0.717, 1.165) is 11.1 Å². The normalized spacial score (nSPS) is 15.5. The number of hydrogen-bond acceptors (Lipinski definition) is 4. The largest absolute Gasteiger partial charge is 0.379 e. The van der Waals surface area contributed by atoms with Gasteiger partial charge in [-0.25, -0.2) is 8.42 Å². The Morgan fingerprint density at radius 3 is 2.56 bits per heavy atom. The average Bonchev–Trinajstić information content (AvgIpc) is 2.66. The molecule has 6 nitrogen and oxygen atoms in total. The Hall–Kier alpha value is -1.93. The summed E-state index contributed by atoms with van der Waals surface area (Å²) in [6.07, 6.45) is 0. The number of morpholine rings is 1. The second-order valence-corrected chi connectivity index (χ2v) is 8.68.